The zero-order valence-corrected chi connectivity index (χ0v) is 11.4. The fourth-order valence-electron chi connectivity index (χ4n) is 1.12. The van der Waals surface area contributed by atoms with Gasteiger partial charge in [0.1, 0.15) is 18.3 Å². The number of phosphoric acid groups is 2. The van der Waals surface area contributed by atoms with Gasteiger partial charge in [-0.25, -0.2) is 9.13 Å². The number of carbonyl (C=O) groups excluding carboxylic acids is 1. The Kier molecular flexibility index (Phi) is 7.60. The fraction of sp³-hybridized carbons (Fsp3) is 0.833. The van der Waals surface area contributed by atoms with Crippen LogP contribution in [0.4, 0.5) is 0 Å². The van der Waals surface area contributed by atoms with Gasteiger partial charge in [-0.2, -0.15) is 0 Å². The summed E-state index contributed by atoms with van der Waals surface area (Å²) in [6.07, 6.45) is -9.21. The molecule has 0 aliphatic heterocycles. The van der Waals surface area contributed by atoms with Crippen molar-refractivity contribution in [2.75, 3.05) is 6.61 Å². The Bertz CT molecular complexity index is 399. The van der Waals surface area contributed by atoms with Crippen LogP contribution >= 0.6 is 15.6 Å². The molecule has 0 rings (SSSR count). The third-order valence-corrected chi connectivity index (χ3v) is 2.93. The van der Waals surface area contributed by atoms with Crippen molar-refractivity contribution < 1.29 is 57.9 Å². The first-order valence-corrected chi connectivity index (χ1v) is 7.87. The van der Waals surface area contributed by atoms with Crippen LogP contribution in [0.3, 0.4) is 0 Å². The van der Waals surface area contributed by atoms with Gasteiger partial charge in [0.25, 0.3) is 0 Å². The highest BCUT2D eigenvalue weighted by molar-refractivity contribution is 7.46. The van der Waals surface area contributed by atoms with Gasteiger partial charge < -0.3 is 39.7 Å². The van der Waals surface area contributed by atoms with E-state index in [-0.39, 0.29) is 6.29 Å². The van der Waals surface area contributed by atoms with E-state index in [0.29, 0.717) is 0 Å². The Morgan fingerprint density at radius 1 is 1.00 bits per heavy atom. The van der Waals surface area contributed by atoms with Gasteiger partial charge in [0.15, 0.2) is 12.4 Å². The van der Waals surface area contributed by atoms with Crippen molar-refractivity contribution in [2.24, 2.45) is 0 Å². The largest absolute Gasteiger partial charge is 0.470 e. The lowest BCUT2D eigenvalue weighted by Crippen LogP contribution is -2.48. The lowest BCUT2D eigenvalue weighted by atomic mass is 10.0. The first kappa shape index (κ1) is 19.8. The Morgan fingerprint density at radius 2 is 1.45 bits per heavy atom. The second-order valence-electron chi connectivity index (χ2n) is 3.50. The number of phosphoric ester groups is 2. The molecule has 4 atom stereocenters. The smallest absolute Gasteiger partial charge is 0.394 e. The van der Waals surface area contributed by atoms with E-state index in [0.717, 1.165) is 0 Å². The molecule has 0 heterocycles. The van der Waals surface area contributed by atoms with Crippen molar-refractivity contribution >= 4 is 21.9 Å². The molecule has 0 spiro atoms. The highest BCUT2D eigenvalue weighted by atomic mass is 31.2. The zero-order valence-electron chi connectivity index (χ0n) is 9.66. The van der Waals surface area contributed by atoms with Crippen LogP contribution in [0.15, 0.2) is 0 Å². The van der Waals surface area contributed by atoms with Crippen molar-refractivity contribution in [1.82, 2.24) is 0 Å². The summed E-state index contributed by atoms with van der Waals surface area (Å²) in [6.45, 7) is -1.08. The van der Waals surface area contributed by atoms with E-state index in [4.69, 9.17) is 29.8 Å². The molecule has 0 fully saturated rings. The maximum Gasteiger partial charge on any atom is 0.470 e. The first-order chi connectivity index (χ1) is 8.91. The number of hydrogen-bond acceptors (Lipinski definition) is 8. The molecule has 0 aliphatic rings. The Hall–Kier alpha value is -0.230. The molecule has 0 unspecified atom stereocenters. The Labute approximate surface area is 112 Å². The number of aliphatic hydroxyl groups is 3. The number of carbonyl (C=O) groups is 1. The van der Waals surface area contributed by atoms with Crippen molar-refractivity contribution in [3.63, 3.8) is 0 Å². The second kappa shape index (κ2) is 7.69. The second-order valence-corrected chi connectivity index (χ2v) is 5.88. The summed E-state index contributed by atoms with van der Waals surface area (Å²) >= 11 is 0. The summed E-state index contributed by atoms with van der Waals surface area (Å²) in [6, 6.07) is 0. The van der Waals surface area contributed by atoms with Gasteiger partial charge in [0, 0.05) is 0 Å². The summed E-state index contributed by atoms with van der Waals surface area (Å²) in [5, 5.41) is 27.2. The molecule has 12 nitrogen and oxygen atoms in total. The van der Waals surface area contributed by atoms with Gasteiger partial charge in [0.2, 0.25) is 0 Å². The maximum absolute atomic E-state index is 10.7. The topological polar surface area (TPSA) is 211 Å². The summed E-state index contributed by atoms with van der Waals surface area (Å²) in [7, 11) is -10.6. The summed E-state index contributed by atoms with van der Waals surface area (Å²) in [4.78, 5) is 44.9. The standard InChI is InChI=1S/C6H14O12P2/c7-1-3(9)5(10)6(18-20(14,15)16)4(2-8)17-19(11,12)13/h2-7,9-10H,1H2,(H2,11,12,13)(H2,14,15,16)/t3-,4-,5-,6-/m1/s1. The van der Waals surface area contributed by atoms with Crippen LogP contribution in [-0.2, 0) is 23.0 Å². The van der Waals surface area contributed by atoms with E-state index in [1.54, 1.807) is 0 Å². The van der Waals surface area contributed by atoms with E-state index < -0.39 is 46.7 Å². The first-order valence-electron chi connectivity index (χ1n) is 4.81. The number of rotatable bonds is 9. The number of aldehydes is 1. The van der Waals surface area contributed by atoms with Crippen molar-refractivity contribution in [2.45, 2.75) is 24.4 Å². The van der Waals surface area contributed by atoms with Gasteiger partial charge in [-0.3, -0.25) is 9.05 Å². The zero-order chi connectivity index (χ0) is 16.1. The van der Waals surface area contributed by atoms with Gasteiger partial charge in [0.05, 0.1) is 6.61 Å². The lowest BCUT2D eigenvalue weighted by molar-refractivity contribution is -0.133. The van der Waals surface area contributed by atoms with Crippen LogP contribution in [0.25, 0.3) is 0 Å². The monoisotopic (exact) mass is 340 g/mol. The van der Waals surface area contributed by atoms with Gasteiger partial charge in [-0.1, -0.05) is 0 Å². The average Bonchev–Trinajstić information content (AvgIpc) is 2.29. The SMILES string of the molecule is O=C[C@@H](OP(=O)(O)O)[C@@H](OP(=O)(O)O)[C@H](O)[C@H](O)CO. The predicted molar refractivity (Wildman–Crippen MR) is 59.0 cm³/mol. The number of aliphatic hydroxyl groups excluding tert-OH is 3. The molecular formula is C6H14O12P2. The molecule has 0 aromatic rings. The summed E-state index contributed by atoms with van der Waals surface area (Å²) in [5.41, 5.74) is 0. The van der Waals surface area contributed by atoms with Gasteiger partial charge in [-0.05, 0) is 0 Å². The van der Waals surface area contributed by atoms with E-state index in [9.17, 15) is 19.0 Å². The van der Waals surface area contributed by atoms with Crippen LogP contribution in [0, 0.1) is 0 Å². The van der Waals surface area contributed by atoms with E-state index in [1.165, 1.54) is 0 Å². The van der Waals surface area contributed by atoms with E-state index in [1.807, 2.05) is 0 Å². The molecule has 0 radical (unpaired) electrons. The molecule has 0 aromatic heterocycles. The number of hydrogen-bond donors (Lipinski definition) is 7. The molecule has 0 bridgehead atoms. The quantitative estimate of drug-likeness (QED) is 0.164. The maximum atomic E-state index is 10.7. The lowest BCUT2D eigenvalue weighted by Gasteiger charge is -2.29. The fourth-order valence-corrected chi connectivity index (χ4v) is 2.17. The van der Waals surface area contributed by atoms with E-state index in [2.05, 4.69) is 9.05 Å². The normalized spacial score (nSPS) is 19.1. The Balaban J connectivity index is 5.31. The van der Waals surface area contributed by atoms with Crippen molar-refractivity contribution in [3.8, 4) is 0 Å². The van der Waals surface area contributed by atoms with Crippen LogP contribution in [0.2, 0.25) is 0 Å². The molecule has 120 valence electrons. The van der Waals surface area contributed by atoms with Gasteiger partial charge in [-0.15, -0.1) is 0 Å². The molecule has 0 saturated heterocycles. The third-order valence-electron chi connectivity index (χ3n) is 1.89. The van der Waals surface area contributed by atoms with Gasteiger partial charge >= 0.3 is 15.6 Å². The van der Waals surface area contributed by atoms with Crippen LogP contribution < -0.4 is 0 Å². The molecule has 14 heteroatoms. The van der Waals surface area contributed by atoms with Crippen LogP contribution in [-0.4, -0.2) is 72.2 Å². The highest BCUT2D eigenvalue weighted by Gasteiger charge is 2.41. The highest BCUT2D eigenvalue weighted by Crippen LogP contribution is 2.43. The average molecular weight is 340 g/mol. The molecular weight excluding hydrogens is 326 g/mol. The minimum absolute atomic E-state index is 0.299. The third kappa shape index (κ3) is 7.53. The minimum atomic E-state index is -5.30. The molecule has 0 aliphatic carbocycles. The molecule has 0 saturated carbocycles. The van der Waals surface area contributed by atoms with E-state index >= 15 is 0 Å². The minimum Gasteiger partial charge on any atom is -0.394 e. The van der Waals surface area contributed by atoms with Crippen LogP contribution in [0.5, 0.6) is 0 Å². The summed E-state index contributed by atoms with van der Waals surface area (Å²) in [5.74, 6) is 0. The van der Waals surface area contributed by atoms with Crippen molar-refractivity contribution in [3.05, 3.63) is 0 Å². The van der Waals surface area contributed by atoms with Crippen molar-refractivity contribution in [1.29, 1.82) is 0 Å². The molecule has 7 N–H and O–H groups in total. The summed E-state index contributed by atoms with van der Waals surface area (Å²) < 4.78 is 29.2. The molecule has 0 aromatic carbocycles. The predicted octanol–water partition coefficient (Wildman–Crippen LogP) is -3.14. The Morgan fingerprint density at radius 3 is 1.75 bits per heavy atom. The van der Waals surface area contributed by atoms with Crippen LogP contribution in [0.1, 0.15) is 0 Å². The molecule has 20 heavy (non-hydrogen) atoms. The molecule has 0 amide bonds.